The van der Waals surface area contributed by atoms with Crippen molar-refractivity contribution in [1.82, 2.24) is 24.5 Å². The Hall–Kier alpha value is -3.21. The Bertz CT molecular complexity index is 1050. The number of aromatic nitrogens is 5. The molecule has 0 spiro atoms. The predicted molar refractivity (Wildman–Crippen MR) is 118 cm³/mol. The number of thioether (sulfide) groups is 1. The highest BCUT2D eigenvalue weighted by Crippen LogP contribution is 2.31. The number of ether oxygens (including phenoxy) is 3. The molecule has 0 unspecified atom stereocenters. The summed E-state index contributed by atoms with van der Waals surface area (Å²) in [6, 6.07) is 5.21. The topological polar surface area (TPSA) is 105 Å². The molecule has 0 bridgehead atoms. The van der Waals surface area contributed by atoms with Crippen LogP contribution in [0.1, 0.15) is 13.8 Å². The summed E-state index contributed by atoms with van der Waals surface area (Å²) in [6.07, 6.45) is 1.88. The Morgan fingerprint density at radius 2 is 2.00 bits per heavy atom. The van der Waals surface area contributed by atoms with E-state index in [0.29, 0.717) is 47.2 Å². The molecular formula is C20H26N6O4S. The van der Waals surface area contributed by atoms with Gasteiger partial charge >= 0.3 is 0 Å². The maximum absolute atomic E-state index is 12.5. The Morgan fingerprint density at radius 3 is 2.68 bits per heavy atom. The van der Waals surface area contributed by atoms with Gasteiger partial charge in [-0.25, -0.2) is 0 Å². The van der Waals surface area contributed by atoms with Crippen molar-refractivity contribution in [1.29, 1.82) is 0 Å². The van der Waals surface area contributed by atoms with Crippen LogP contribution < -0.4 is 19.5 Å². The van der Waals surface area contributed by atoms with Crippen LogP contribution in [0.5, 0.6) is 17.4 Å². The summed E-state index contributed by atoms with van der Waals surface area (Å²) in [5, 5.41) is 16.4. The molecule has 0 saturated carbocycles. The molecule has 0 aliphatic carbocycles. The quantitative estimate of drug-likeness (QED) is 0.474. The summed E-state index contributed by atoms with van der Waals surface area (Å²) in [4.78, 5) is 12.5. The highest BCUT2D eigenvalue weighted by atomic mass is 32.2. The summed E-state index contributed by atoms with van der Waals surface area (Å²) < 4.78 is 19.7. The molecule has 1 aromatic carbocycles. The first kappa shape index (κ1) is 22.5. The molecule has 166 valence electrons. The van der Waals surface area contributed by atoms with Crippen LogP contribution in [0.4, 0.5) is 5.69 Å². The maximum atomic E-state index is 12.5. The molecule has 1 amide bonds. The number of amides is 1. The van der Waals surface area contributed by atoms with E-state index >= 15 is 0 Å². The predicted octanol–water partition coefficient (Wildman–Crippen LogP) is 2.85. The standard InChI is InChI=1S/C20H26N6O4S/c1-6-26-11-14(19(24-26)30-7-2)18-22-23-20(25(18)3)31-12-17(27)21-15-9-8-13(28-4)10-16(15)29-5/h8-11H,6-7,12H2,1-5H3,(H,21,27). The van der Waals surface area contributed by atoms with E-state index < -0.39 is 0 Å². The number of anilines is 1. The Morgan fingerprint density at radius 1 is 1.19 bits per heavy atom. The van der Waals surface area contributed by atoms with Gasteiger partial charge in [-0.15, -0.1) is 15.3 Å². The van der Waals surface area contributed by atoms with Crippen molar-refractivity contribution < 1.29 is 19.0 Å². The van der Waals surface area contributed by atoms with Crippen LogP contribution in [-0.4, -0.2) is 57.0 Å². The summed E-state index contributed by atoms with van der Waals surface area (Å²) >= 11 is 1.29. The fourth-order valence-corrected chi connectivity index (χ4v) is 3.57. The molecule has 0 aliphatic rings. The van der Waals surface area contributed by atoms with Crippen LogP contribution in [0, 0.1) is 0 Å². The molecular weight excluding hydrogens is 420 g/mol. The van der Waals surface area contributed by atoms with Crippen LogP contribution in [0.3, 0.4) is 0 Å². The lowest BCUT2D eigenvalue weighted by Gasteiger charge is -2.11. The average molecular weight is 447 g/mol. The largest absolute Gasteiger partial charge is 0.497 e. The SMILES string of the molecule is CCOc1nn(CC)cc1-c1nnc(SCC(=O)Nc2ccc(OC)cc2OC)n1C. The van der Waals surface area contributed by atoms with E-state index in [1.54, 1.807) is 30.0 Å². The fraction of sp³-hybridized carbons (Fsp3) is 0.400. The number of benzene rings is 1. The number of hydrogen-bond acceptors (Lipinski definition) is 8. The highest BCUT2D eigenvalue weighted by molar-refractivity contribution is 7.99. The van der Waals surface area contributed by atoms with Crippen molar-refractivity contribution in [3.05, 3.63) is 24.4 Å². The van der Waals surface area contributed by atoms with Gasteiger partial charge in [-0.3, -0.25) is 9.48 Å². The van der Waals surface area contributed by atoms with Crippen molar-refractivity contribution in [2.24, 2.45) is 7.05 Å². The van der Waals surface area contributed by atoms with Crippen molar-refractivity contribution in [3.63, 3.8) is 0 Å². The lowest BCUT2D eigenvalue weighted by molar-refractivity contribution is -0.113. The van der Waals surface area contributed by atoms with Gasteiger partial charge in [-0.1, -0.05) is 11.8 Å². The fourth-order valence-electron chi connectivity index (χ4n) is 2.86. The van der Waals surface area contributed by atoms with Gasteiger partial charge in [0.15, 0.2) is 11.0 Å². The number of carbonyl (C=O) groups excluding carboxylic acids is 1. The van der Waals surface area contributed by atoms with Crippen LogP contribution in [0.15, 0.2) is 29.6 Å². The van der Waals surface area contributed by atoms with E-state index in [1.165, 1.54) is 18.9 Å². The Kier molecular flexibility index (Phi) is 7.40. The lowest BCUT2D eigenvalue weighted by Crippen LogP contribution is -2.15. The first-order valence-electron chi connectivity index (χ1n) is 9.75. The second-order valence-corrected chi connectivity index (χ2v) is 7.35. The second-order valence-electron chi connectivity index (χ2n) is 6.40. The van der Waals surface area contributed by atoms with Gasteiger partial charge in [-0.2, -0.15) is 0 Å². The summed E-state index contributed by atoms with van der Waals surface area (Å²) in [7, 11) is 4.96. The third kappa shape index (κ3) is 5.10. The molecule has 2 heterocycles. The molecule has 10 nitrogen and oxygen atoms in total. The highest BCUT2D eigenvalue weighted by Gasteiger charge is 2.20. The molecule has 3 aromatic rings. The molecule has 0 fully saturated rings. The minimum Gasteiger partial charge on any atom is -0.497 e. The molecule has 0 saturated heterocycles. The maximum Gasteiger partial charge on any atom is 0.243 e. The van der Waals surface area contributed by atoms with Crippen LogP contribution in [0.25, 0.3) is 11.4 Å². The van der Waals surface area contributed by atoms with Crippen LogP contribution >= 0.6 is 11.8 Å². The normalized spacial score (nSPS) is 10.7. The Balaban J connectivity index is 1.69. The van der Waals surface area contributed by atoms with Crippen molar-refractivity contribution in [2.45, 2.75) is 25.5 Å². The number of hydrogen-bond donors (Lipinski definition) is 1. The van der Waals surface area contributed by atoms with Gasteiger partial charge < -0.3 is 24.1 Å². The number of carbonyl (C=O) groups is 1. The zero-order chi connectivity index (χ0) is 22.4. The average Bonchev–Trinajstić information content (AvgIpc) is 3.35. The first-order valence-corrected chi connectivity index (χ1v) is 10.7. The summed E-state index contributed by atoms with van der Waals surface area (Å²) in [5.41, 5.74) is 1.33. The zero-order valence-electron chi connectivity index (χ0n) is 18.2. The van der Waals surface area contributed by atoms with E-state index in [4.69, 9.17) is 14.2 Å². The lowest BCUT2D eigenvalue weighted by atomic mass is 10.2. The molecule has 0 aliphatic heterocycles. The Labute approximate surface area is 184 Å². The van der Waals surface area contributed by atoms with Gasteiger partial charge in [0.1, 0.15) is 17.1 Å². The monoisotopic (exact) mass is 446 g/mol. The van der Waals surface area contributed by atoms with E-state index in [9.17, 15) is 4.79 Å². The minimum absolute atomic E-state index is 0.160. The molecule has 11 heteroatoms. The van der Waals surface area contributed by atoms with Gasteiger partial charge in [-0.05, 0) is 26.0 Å². The number of nitrogens with one attached hydrogen (secondary N) is 1. The van der Waals surface area contributed by atoms with Gasteiger partial charge in [0, 0.05) is 25.9 Å². The van der Waals surface area contributed by atoms with Crippen LogP contribution in [0.2, 0.25) is 0 Å². The third-order valence-corrected chi connectivity index (χ3v) is 5.44. The summed E-state index contributed by atoms with van der Waals surface area (Å²) in [5.74, 6) is 2.28. The zero-order valence-corrected chi connectivity index (χ0v) is 19.0. The van der Waals surface area contributed by atoms with E-state index in [0.717, 1.165) is 5.56 Å². The molecule has 31 heavy (non-hydrogen) atoms. The van der Waals surface area contributed by atoms with Gasteiger partial charge in [0.2, 0.25) is 11.8 Å². The number of rotatable bonds is 10. The van der Waals surface area contributed by atoms with E-state index in [2.05, 4.69) is 20.6 Å². The summed E-state index contributed by atoms with van der Waals surface area (Å²) in [6.45, 7) is 5.13. The van der Waals surface area contributed by atoms with Crippen LogP contribution in [-0.2, 0) is 18.4 Å². The first-order chi connectivity index (χ1) is 15.0. The molecule has 2 aromatic heterocycles. The minimum atomic E-state index is -0.188. The van der Waals surface area contributed by atoms with Crippen molar-refractivity contribution in [2.75, 3.05) is 31.9 Å². The van der Waals surface area contributed by atoms with Crippen molar-refractivity contribution >= 4 is 23.4 Å². The molecule has 0 radical (unpaired) electrons. The van der Waals surface area contributed by atoms with E-state index in [-0.39, 0.29) is 11.7 Å². The van der Waals surface area contributed by atoms with Crippen molar-refractivity contribution in [3.8, 4) is 28.8 Å². The molecule has 1 N–H and O–H groups in total. The smallest absolute Gasteiger partial charge is 0.243 e. The number of methoxy groups -OCH3 is 2. The third-order valence-electron chi connectivity index (χ3n) is 4.42. The molecule has 0 atom stereocenters. The number of nitrogens with zero attached hydrogens (tertiary/aromatic N) is 5. The van der Waals surface area contributed by atoms with Gasteiger partial charge in [0.25, 0.3) is 0 Å². The number of aryl methyl sites for hydroxylation is 1. The van der Waals surface area contributed by atoms with E-state index in [1.807, 2.05) is 31.7 Å². The second kappa shape index (κ2) is 10.2. The molecule has 3 rings (SSSR count). The van der Waals surface area contributed by atoms with Gasteiger partial charge in [0.05, 0.1) is 32.3 Å².